The van der Waals surface area contributed by atoms with E-state index in [2.05, 4.69) is 63.7 Å². The lowest BCUT2D eigenvalue weighted by Gasteiger charge is -2.18. The molecule has 2 aromatic carbocycles. The molecule has 1 aliphatic heterocycles. The summed E-state index contributed by atoms with van der Waals surface area (Å²) < 4.78 is 0. The molecule has 1 aromatic heterocycles. The second-order valence-corrected chi connectivity index (χ2v) is 9.10. The van der Waals surface area contributed by atoms with Crippen LogP contribution in [0.15, 0.2) is 65.8 Å². The molecular formula is C23H25N3S. The van der Waals surface area contributed by atoms with E-state index in [0.29, 0.717) is 6.04 Å². The minimum absolute atomic E-state index is 0.508. The predicted octanol–water partition coefficient (Wildman–Crippen LogP) is 5.18. The molecule has 1 saturated heterocycles. The maximum Gasteiger partial charge on any atom is 0.0423 e. The standard InChI is InChI=1S/C23H25N3S/c1-2-18-14-24-12-10-22(18)23(3-1)25-19-11-13-26(16-19)15-17-4-6-20(7-5-17)27-21-8-9-21/h1-7,10,12,14,19,21,25H,8-9,11,13,15-16H2. The van der Waals surface area contributed by atoms with Gasteiger partial charge < -0.3 is 5.32 Å². The fourth-order valence-corrected chi connectivity index (χ4v) is 4.92. The van der Waals surface area contributed by atoms with Gasteiger partial charge in [0.1, 0.15) is 0 Å². The van der Waals surface area contributed by atoms with E-state index in [1.54, 1.807) is 0 Å². The van der Waals surface area contributed by atoms with Crippen LogP contribution in [-0.4, -0.2) is 34.3 Å². The maximum atomic E-state index is 4.23. The van der Waals surface area contributed by atoms with E-state index < -0.39 is 0 Å². The van der Waals surface area contributed by atoms with Crippen LogP contribution in [0.3, 0.4) is 0 Å². The summed E-state index contributed by atoms with van der Waals surface area (Å²) in [6, 6.07) is 18.2. The molecule has 3 nitrogen and oxygen atoms in total. The van der Waals surface area contributed by atoms with Gasteiger partial charge in [0.25, 0.3) is 0 Å². The SMILES string of the molecule is c1cc(NC2CCN(Cc3ccc(SC4CC4)cc3)C2)c2ccncc2c1. The van der Waals surface area contributed by atoms with Crippen molar-refractivity contribution in [3.63, 3.8) is 0 Å². The van der Waals surface area contributed by atoms with Gasteiger partial charge >= 0.3 is 0 Å². The summed E-state index contributed by atoms with van der Waals surface area (Å²) in [4.78, 5) is 8.22. The minimum Gasteiger partial charge on any atom is -0.380 e. The Labute approximate surface area is 165 Å². The van der Waals surface area contributed by atoms with Gasteiger partial charge in [0.15, 0.2) is 0 Å². The first kappa shape index (κ1) is 17.1. The monoisotopic (exact) mass is 375 g/mol. The zero-order valence-electron chi connectivity index (χ0n) is 15.5. The molecule has 2 heterocycles. The first-order valence-corrected chi connectivity index (χ1v) is 10.8. The van der Waals surface area contributed by atoms with Crippen LogP contribution in [0.2, 0.25) is 0 Å². The average Bonchev–Trinajstić information content (AvgIpc) is 3.41. The van der Waals surface area contributed by atoms with Crippen molar-refractivity contribution in [1.82, 2.24) is 9.88 Å². The Balaban J connectivity index is 1.19. The van der Waals surface area contributed by atoms with Crippen LogP contribution in [0.5, 0.6) is 0 Å². The van der Waals surface area contributed by atoms with E-state index in [0.717, 1.165) is 24.9 Å². The van der Waals surface area contributed by atoms with E-state index in [-0.39, 0.29) is 0 Å². The van der Waals surface area contributed by atoms with E-state index in [1.807, 2.05) is 24.2 Å². The van der Waals surface area contributed by atoms with Crippen molar-refractivity contribution in [2.75, 3.05) is 18.4 Å². The summed E-state index contributed by atoms with van der Waals surface area (Å²) in [5.74, 6) is 0. The third kappa shape index (κ3) is 4.12. The normalized spacial score (nSPS) is 20.2. The molecule has 3 aromatic rings. The van der Waals surface area contributed by atoms with Crippen LogP contribution in [0.25, 0.3) is 10.8 Å². The van der Waals surface area contributed by atoms with Gasteiger partial charge in [-0.1, -0.05) is 24.3 Å². The lowest BCUT2D eigenvalue weighted by atomic mass is 10.1. The fraction of sp³-hybridized carbons (Fsp3) is 0.348. The van der Waals surface area contributed by atoms with E-state index in [9.17, 15) is 0 Å². The van der Waals surface area contributed by atoms with Crippen molar-refractivity contribution in [2.45, 2.75) is 42.0 Å². The van der Waals surface area contributed by atoms with E-state index in [4.69, 9.17) is 0 Å². The molecular weight excluding hydrogens is 350 g/mol. The molecule has 1 N–H and O–H groups in total. The zero-order chi connectivity index (χ0) is 18.1. The highest BCUT2D eigenvalue weighted by Gasteiger charge is 2.24. The number of aromatic nitrogens is 1. The highest BCUT2D eigenvalue weighted by atomic mass is 32.2. The minimum atomic E-state index is 0.508. The topological polar surface area (TPSA) is 28.2 Å². The number of nitrogens with zero attached hydrogens (tertiary/aromatic N) is 2. The lowest BCUT2D eigenvalue weighted by Crippen LogP contribution is -2.26. The molecule has 1 atom stereocenters. The van der Waals surface area contributed by atoms with Crippen molar-refractivity contribution < 1.29 is 0 Å². The van der Waals surface area contributed by atoms with Crippen molar-refractivity contribution in [1.29, 1.82) is 0 Å². The average molecular weight is 376 g/mol. The molecule has 4 heteroatoms. The van der Waals surface area contributed by atoms with Crippen molar-refractivity contribution in [2.24, 2.45) is 0 Å². The lowest BCUT2D eigenvalue weighted by molar-refractivity contribution is 0.328. The van der Waals surface area contributed by atoms with Gasteiger partial charge in [-0.05, 0) is 49.1 Å². The van der Waals surface area contributed by atoms with Gasteiger partial charge in [0, 0.05) is 64.7 Å². The van der Waals surface area contributed by atoms with E-state index >= 15 is 0 Å². The molecule has 1 unspecified atom stereocenters. The Hall–Kier alpha value is -2.04. The highest BCUT2D eigenvalue weighted by molar-refractivity contribution is 8.00. The number of rotatable bonds is 6. The van der Waals surface area contributed by atoms with Crippen LogP contribution in [-0.2, 0) is 6.54 Å². The number of fused-ring (bicyclic) bond motifs is 1. The Bertz CT molecular complexity index is 915. The summed E-state index contributed by atoms with van der Waals surface area (Å²) >= 11 is 2.04. The fourth-order valence-electron chi connectivity index (χ4n) is 3.87. The molecule has 1 aliphatic carbocycles. The van der Waals surface area contributed by atoms with Gasteiger partial charge in [-0.2, -0.15) is 0 Å². The van der Waals surface area contributed by atoms with Crippen LogP contribution in [0.4, 0.5) is 5.69 Å². The smallest absolute Gasteiger partial charge is 0.0423 e. The largest absolute Gasteiger partial charge is 0.380 e. The number of benzene rings is 2. The summed E-state index contributed by atoms with van der Waals surface area (Å²) in [5.41, 5.74) is 2.65. The molecule has 0 bridgehead atoms. The Morgan fingerprint density at radius 1 is 1.04 bits per heavy atom. The Morgan fingerprint density at radius 2 is 1.93 bits per heavy atom. The number of pyridine rings is 1. The Kier molecular flexibility index (Phi) is 4.76. The van der Waals surface area contributed by atoms with Gasteiger partial charge in [-0.3, -0.25) is 9.88 Å². The first-order valence-electron chi connectivity index (χ1n) is 9.91. The molecule has 0 amide bonds. The number of likely N-dealkylation sites (tertiary alicyclic amines) is 1. The molecule has 2 aliphatic rings. The van der Waals surface area contributed by atoms with Gasteiger partial charge in [0.2, 0.25) is 0 Å². The summed E-state index contributed by atoms with van der Waals surface area (Å²) in [5, 5.41) is 7.10. The molecule has 0 radical (unpaired) electrons. The van der Waals surface area contributed by atoms with Gasteiger partial charge in [0.05, 0.1) is 0 Å². The maximum absolute atomic E-state index is 4.23. The van der Waals surface area contributed by atoms with Crippen LogP contribution >= 0.6 is 11.8 Å². The molecule has 27 heavy (non-hydrogen) atoms. The van der Waals surface area contributed by atoms with Crippen LogP contribution < -0.4 is 5.32 Å². The molecule has 1 saturated carbocycles. The molecule has 2 fully saturated rings. The van der Waals surface area contributed by atoms with Gasteiger partial charge in [-0.15, -0.1) is 11.8 Å². The number of nitrogens with one attached hydrogen (secondary N) is 1. The van der Waals surface area contributed by atoms with Crippen molar-refractivity contribution in [3.05, 3.63) is 66.5 Å². The van der Waals surface area contributed by atoms with E-state index in [1.165, 1.54) is 46.2 Å². The summed E-state index contributed by atoms with van der Waals surface area (Å²) in [6.45, 7) is 3.30. The van der Waals surface area contributed by atoms with Crippen LogP contribution in [0.1, 0.15) is 24.8 Å². The van der Waals surface area contributed by atoms with Crippen LogP contribution in [0, 0.1) is 0 Å². The van der Waals surface area contributed by atoms with Gasteiger partial charge in [-0.25, -0.2) is 0 Å². The Morgan fingerprint density at radius 3 is 2.78 bits per heavy atom. The second-order valence-electron chi connectivity index (χ2n) is 7.73. The number of hydrogen-bond acceptors (Lipinski definition) is 4. The second kappa shape index (κ2) is 7.53. The third-order valence-corrected chi connectivity index (χ3v) is 6.82. The predicted molar refractivity (Wildman–Crippen MR) is 114 cm³/mol. The number of anilines is 1. The first-order chi connectivity index (χ1) is 13.3. The molecule has 138 valence electrons. The number of hydrogen-bond donors (Lipinski definition) is 1. The quantitative estimate of drug-likeness (QED) is 0.643. The molecule has 0 spiro atoms. The third-order valence-electron chi connectivity index (χ3n) is 5.47. The van der Waals surface area contributed by atoms with Crippen molar-refractivity contribution in [3.8, 4) is 0 Å². The summed E-state index contributed by atoms with van der Waals surface area (Å²) in [6.07, 6.45) is 7.78. The number of thioether (sulfide) groups is 1. The molecule has 5 rings (SSSR count). The zero-order valence-corrected chi connectivity index (χ0v) is 16.3. The highest BCUT2D eigenvalue weighted by Crippen LogP contribution is 2.39. The van der Waals surface area contributed by atoms with Crippen molar-refractivity contribution >= 4 is 28.2 Å². The summed E-state index contributed by atoms with van der Waals surface area (Å²) in [7, 11) is 0.